The number of anilines is 3. The third kappa shape index (κ3) is 4.44. The second kappa shape index (κ2) is 8.10. The standard InChI is InChI=1S/C19H21N5O/c1-3-24(14-15-8-5-4-6-9-15)19-22-18(13-20-23-19)21-16-10-7-11-17(12-16)25-2/h4-13H,3,14H2,1-2H3,(H,21,22,23). The molecule has 3 aromatic rings. The van der Waals surface area contributed by atoms with E-state index in [1.807, 2.05) is 42.5 Å². The Morgan fingerprint density at radius 1 is 1.08 bits per heavy atom. The number of rotatable bonds is 7. The summed E-state index contributed by atoms with van der Waals surface area (Å²) < 4.78 is 5.24. The Bertz CT molecular complexity index is 810. The molecule has 2 aromatic carbocycles. The van der Waals surface area contributed by atoms with Crippen LogP contribution in [0.25, 0.3) is 0 Å². The summed E-state index contributed by atoms with van der Waals surface area (Å²) in [5, 5.41) is 11.5. The van der Waals surface area contributed by atoms with Gasteiger partial charge in [0.1, 0.15) is 5.75 Å². The van der Waals surface area contributed by atoms with Gasteiger partial charge in [-0.1, -0.05) is 36.4 Å². The minimum Gasteiger partial charge on any atom is -0.497 e. The fraction of sp³-hybridized carbons (Fsp3) is 0.211. The molecule has 128 valence electrons. The van der Waals surface area contributed by atoms with Crippen LogP contribution in [0.4, 0.5) is 17.5 Å². The summed E-state index contributed by atoms with van der Waals surface area (Å²) in [7, 11) is 1.65. The van der Waals surface area contributed by atoms with E-state index in [9.17, 15) is 0 Å². The molecule has 0 spiro atoms. The van der Waals surface area contributed by atoms with Crippen molar-refractivity contribution in [2.24, 2.45) is 0 Å². The van der Waals surface area contributed by atoms with E-state index in [0.717, 1.165) is 24.5 Å². The maximum absolute atomic E-state index is 5.24. The molecule has 0 aliphatic rings. The number of aromatic nitrogens is 3. The molecule has 0 aliphatic heterocycles. The van der Waals surface area contributed by atoms with Crippen LogP contribution in [-0.2, 0) is 6.54 Å². The third-order valence-electron chi connectivity index (χ3n) is 3.77. The van der Waals surface area contributed by atoms with Gasteiger partial charge in [0.2, 0.25) is 5.95 Å². The summed E-state index contributed by atoms with van der Waals surface area (Å²) in [6.45, 7) is 3.61. The highest BCUT2D eigenvalue weighted by Crippen LogP contribution is 2.21. The maximum atomic E-state index is 5.24. The molecule has 0 bridgehead atoms. The van der Waals surface area contributed by atoms with Crippen molar-refractivity contribution in [2.75, 3.05) is 23.9 Å². The van der Waals surface area contributed by atoms with Gasteiger partial charge in [0.25, 0.3) is 0 Å². The normalized spacial score (nSPS) is 10.3. The zero-order valence-electron chi connectivity index (χ0n) is 14.4. The van der Waals surface area contributed by atoms with Crippen molar-refractivity contribution in [1.29, 1.82) is 0 Å². The number of benzene rings is 2. The molecule has 0 fully saturated rings. The van der Waals surface area contributed by atoms with E-state index in [-0.39, 0.29) is 0 Å². The van der Waals surface area contributed by atoms with Crippen molar-refractivity contribution in [3.8, 4) is 5.75 Å². The molecule has 1 N–H and O–H groups in total. The average Bonchev–Trinajstić information content (AvgIpc) is 2.67. The molecular weight excluding hydrogens is 314 g/mol. The van der Waals surface area contributed by atoms with Crippen LogP contribution in [0.3, 0.4) is 0 Å². The van der Waals surface area contributed by atoms with Gasteiger partial charge in [0, 0.05) is 24.8 Å². The van der Waals surface area contributed by atoms with E-state index in [1.165, 1.54) is 5.56 Å². The lowest BCUT2D eigenvalue weighted by molar-refractivity contribution is 0.415. The molecular formula is C19H21N5O. The Morgan fingerprint density at radius 3 is 2.68 bits per heavy atom. The average molecular weight is 335 g/mol. The summed E-state index contributed by atoms with van der Waals surface area (Å²) in [6.07, 6.45) is 1.61. The van der Waals surface area contributed by atoms with Crippen molar-refractivity contribution < 1.29 is 4.74 Å². The van der Waals surface area contributed by atoms with Crippen molar-refractivity contribution in [1.82, 2.24) is 15.2 Å². The van der Waals surface area contributed by atoms with Crippen LogP contribution in [0.5, 0.6) is 5.75 Å². The maximum Gasteiger partial charge on any atom is 0.247 e. The topological polar surface area (TPSA) is 63.2 Å². The molecule has 0 unspecified atom stereocenters. The molecule has 6 nitrogen and oxygen atoms in total. The fourth-order valence-electron chi connectivity index (χ4n) is 2.46. The van der Waals surface area contributed by atoms with Crippen LogP contribution in [0.15, 0.2) is 60.8 Å². The molecule has 25 heavy (non-hydrogen) atoms. The van der Waals surface area contributed by atoms with E-state index < -0.39 is 0 Å². The highest BCUT2D eigenvalue weighted by atomic mass is 16.5. The summed E-state index contributed by atoms with van der Waals surface area (Å²) in [5.74, 6) is 2.02. The minimum absolute atomic E-state index is 0.597. The summed E-state index contributed by atoms with van der Waals surface area (Å²) in [5.41, 5.74) is 2.09. The second-order valence-corrected chi connectivity index (χ2v) is 5.50. The van der Waals surface area contributed by atoms with Crippen LogP contribution in [0.1, 0.15) is 12.5 Å². The van der Waals surface area contributed by atoms with Crippen LogP contribution in [0, 0.1) is 0 Å². The Kier molecular flexibility index (Phi) is 5.41. The summed E-state index contributed by atoms with van der Waals surface area (Å²) in [6, 6.07) is 17.9. The van der Waals surface area contributed by atoms with Gasteiger partial charge in [0.05, 0.1) is 13.3 Å². The van der Waals surface area contributed by atoms with Crippen LogP contribution >= 0.6 is 0 Å². The molecule has 0 saturated heterocycles. The number of hydrogen-bond donors (Lipinski definition) is 1. The molecule has 1 aromatic heterocycles. The lowest BCUT2D eigenvalue weighted by atomic mass is 10.2. The van der Waals surface area contributed by atoms with E-state index >= 15 is 0 Å². The number of nitrogens with zero attached hydrogens (tertiary/aromatic N) is 4. The molecule has 3 rings (SSSR count). The van der Waals surface area contributed by atoms with E-state index in [0.29, 0.717) is 11.8 Å². The summed E-state index contributed by atoms with van der Waals surface area (Å²) >= 11 is 0. The first-order chi connectivity index (χ1) is 12.3. The molecule has 0 amide bonds. The minimum atomic E-state index is 0.597. The predicted molar refractivity (Wildman–Crippen MR) is 99.3 cm³/mol. The Hall–Kier alpha value is -3.15. The predicted octanol–water partition coefficient (Wildman–Crippen LogP) is 3.65. The van der Waals surface area contributed by atoms with E-state index in [4.69, 9.17) is 4.74 Å². The van der Waals surface area contributed by atoms with Gasteiger partial charge < -0.3 is 15.0 Å². The highest BCUT2D eigenvalue weighted by molar-refractivity contribution is 5.58. The molecule has 0 saturated carbocycles. The highest BCUT2D eigenvalue weighted by Gasteiger charge is 2.10. The Balaban J connectivity index is 1.77. The largest absolute Gasteiger partial charge is 0.497 e. The van der Waals surface area contributed by atoms with Gasteiger partial charge in [-0.15, -0.1) is 5.10 Å². The van der Waals surface area contributed by atoms with Gasteiger partial charge in [-0.2, -0.15) is 10.1 Å². The van der Waals surface area contributed by atoms with Gasteiger partial charge >= 0.3 is 0 Å². The Labute approximate surface area is 147 Å². The van der Waals surface area contributed by atoms with Gasteiger partial charge in [0.15, 0.2) is 5.82 Å². The van der Waals surface area contributed by atoms with Crippen molar-refractivity contribution >= 4 is 17.5 Å². The van der Waals surface area contributed by atoms with Gasteiger partial charge in [-0.25, -0.2) is 0 Å². The van der Waals surface area contributed by atoms with Crippen molar-refractivity contribution in [3.63, 3.8) is 0 Å². The first-order valence-corrected chi connectivity index (χ1v) is 8.18. The molecule has 0 radical (unpaired) electrons. The molecule has 1 heterocycles. The quantitative estimate of drug-likeness (QED) is 0.711. The van der Waals surface area contributed by atoms with E-state index in [1.54, 1.807) is 13.3 Å². The lowest BCUT2D eigenvalue weighted by Gasteiger charge is -2.20. The lowest BCUT2D eigenvalue weighted by Crippen LogP contribution is -2.24. The fourth-order valence-corrected chi connectivity index (χ4v) is 2.46. The molecule has 0 aliphatic carbocycles. The number of hydrogen-bond acceptors (Lipinski definition) is 6. The summed E-state index contributed by atoms with van der Waals surface area (Å²) in [4.78, 5) is 6.67. The Morgan fingerprint density at radius 2 is 1.92 bits per heavy atom. The molecule has 6 heteroatoms. The van der Waals surface area contributed by atoms with Gasteiger partial charge in [-0.05, 0) is 24.6 Å². The third-order valence-corrected chi connectivity index (χ3v) is 3.77. The monoisotopic (exact) mass is 335 g/mol. The van der Waals surface area contributed by atoms with Crippen LogP contribution < -0.4 is 15.0 Å². The second-order valence-electron chi connectivity index (χ2n) is 5.50. The zero-order valence-corrected chi connectivity index (χ0v) is 14.4. The van der Waals surface area contributed by atoms with E-state index in [2.05, 4.69) is 44.5 Å². The van der Waals surface area contributed by atoms with Crippen molar-refractivity contribution in [3.05, 3.63) is 66.4 Å². The SMILES string of the molecule is CCN(Cc1ccccc1)c1nncc(Nc2cccc(OC)c2)n1. The van der Waals surface area contributed by atoms with Crippen molar-refractivity contribution in [2.45, 2.75) is 13.5 Å². The number of nitrogens with one attached hydrogen (secondary N) is 1. The zero-order chi connectivity index (χ0) is 17.5. The number of ether oxygens (including phenoxy) is 1. The smallest absolute Gasteiger partial charge is 0.247 e. The van der Waals surface area contributed by atoms with Crippen LogP contribution in [-0.4, -0.2) is 28.8 Å². The molecule has 0 atom stereocenters. The van der Waals surface area contributed by atoms with Crippen LogP contribution in [0.2, 0.25) is 0 Å². The number of methoxy groups -OCH3 is 1. The first-order valence-electron chi connectivity index (χ1n) is 8.18. The van der Waals surface area contributed by atoms with Gasteiger partial charge in [-0.3, -0.25) is 0 Å². The first kappa shape index (κ1) is 16.7.